The van der Waals surface area contributed by atoms with Gasteiger partial charge in [0.15, 0.2) is 12.2 Å². The van der Waals surface area contributed by atoms with Gasteiger partial charge in [-0.05, 0) is 31.6 Å². The Morgan fingerprint density at radius 2 is 0.505 bits per heavy atom. The normalized spacial score (nSPS) is 14.2. The minimum Gasteiger partial charge on any atom is -0.462 e. The van der Waals surface area contributed by atoms with Crippen LogP contribution in [-0.4, -0.2) is 96.7 Å². The molecule has 0 aliphatic heterocycles. The zero-order chi connectivity index (χ0) is 69.8. The number of rotatable bonds is 76. The standard InChI is InChI=1S/C76H148O17P2/c1-6-10-13-16-19-22-24-25-33-37-40-45-50-55-60-74(79)87-66-72(93-76(81)62-57-52-47-42-38-34-31-29-27-26-28-30-32-36-39-43-48-53-58-69(5)9-4)68-91-95(84,85)89-64-70(77)63-88-94(82,83)90-67-71(65-86-73(78)59-54-49-44-21-18-15-12-8-3)92-75(80)61-56-51-46-41-35-23-20-17-14-11-7-2/h69-72,77H,6-68H2,1-5H3,(H,82,83)(H,84,85)/t69?,70-,71+,72+/m0/s1. The molecule has 0 aromatic carbocycles. The minimum absolute atomic E-state index is 0.107. The average molecular weight is 1400 g/mol. The molecule has 0 bridgehead atoms. The molecule has 0 saturated carbocycles. The SMILES string of the molecule is CCCCCCCCCCCCCCCCC(=O)OC[C@H](COP(=O)(O)OC[C@@H](O)COP(=O)(O)OC[C@@H](COC(=O)CCCCCCCCCC)OC(=O)CCCCCCCCCCCCC)OC(=O)CCCCCCCCCCCCCCCCCCCCC(C)CC. The van der Waals surface area contributed by atoms with Gasteiger partial charge in [-0.3, -0.25) is 37.3 Å². The summed E-state index contributed by atoms with van der Waals surface area (Å²) in [6.07, 6.45) is 58.3. The smallest absolute Gasteiger partial charge is 0.462 e. The van der Waals surface area contributed by atoms with Gasteiger partial charge in [0.25, 0.3) is 0 Å². The average Bonchev–Trinajstić information content (AvgIpc) is 1.63. The number of carbonyl (C=O) groups is 4. The molecule has 95 heavy (non-hydrogen) atoms. The predicted octanol–water partition coefficient (Wildman–Crippen LogP) is 22.5. The highest BCUT2D eigenvalue weighted by Crippen LogP contribution is 2.45. The molecule has 19 heteroatoms. The van der Waals surface area contributed by atoms with Gasteiger partial charge in [-0.2, -0.15) is 0 Å². The second kappa shape index (κ2) is 69.2. The molecule has 0 spiro atoms. The molecule has 564 valence electrons. The second-order valence-electron chi connectivity index (χ2n) is 27.6. The van der Waals surface area contributed by atoms with Crippen LogP contribution in [0.4, 0.5) is 0 Å². The summed E-state index contributed by atoms with van der Waals surface area (Å²) < 4.78 is 68.4. The van der Waals surface area contributed by atoms with E-state index in [0.29, 0.717) is 25.7 Å². The van der Waals surface area contributed by atoms with Crippen LogP contribution in [0.3, 0.4) is 0 Å². The Bertz CT molecular complexity index is 1820. The maximum absolute atomic E-state index is 13.1. The van der Waals surface area contributed by atoms with Crippen LogP contribution >= 0.6 is 15.6 Å². The van der Waals surface area contributed by atoms with E-state index in [-0.39, 0.29) is 25.7 Å². The van der Waals surface area contributed by atoms with E-state index in [9.17, 15) is 43.2 Å². The lowest BCUT2D eigenvalue weighted by molar-refractivity contribution is -0.161. The monoisotopic (exact) mass is 1400 g/mol. The summed E-state index contributed by atoms with van der Waals surface area (Å²) in [5.41, 5.74) is 0. The van der Waals surface area contributed by atoms with Crippen molar-refractivity contribution in [2.75, 3.05) is 39.6 Å². The molecule has 0 saturated heterocycles. The Morgan fingerprint density at radius 3 is 0.747 bits per heavy atom. The Balaban J connectivity index is 5.16. The van der Waals surface area contributed by atoms with Crippen molar-refractivity contribution in [3.05, 3.63) is 0 Å². The van der Waals surface area contributed by atoms with Crippen molar-refractivity contribution < 1.29 is 80.2 Å². The van der Waals surface area contributed by atoms with Crippen LogP contribution in [0, 0.1) is 5.92 Å². The van der Waals surface area contributed by atoms with Gasteiger partial charge in [0.1, 0.15) is 19.3 Å². The number of esters is 4. The highest BCUT2D eigenvalue weighted by Gasteiger charge is 2.30. The number of aliphatic hydroxyl groups excluding tert-OH is 1. The topological polar surface area (TPSA) is 237 Å². The van der Waals surface area contributed by atoms with Crippen molar-refractivity contribution in [2.45, 2.75) is 419 Å². The number of aliphatic hydroxyl groups is 1. The van der Waals surface area contributed by atoms with Crippen LogP contribution in [0.5, 0.6) is 0 Å². The van der Waals surface area contributed by atoms with Crippen LogP contribution in [0.2, 0.25) is 0 Å². The fourth-order valence-corrected chi connectivity index (χ4v) is 13.3. The van der Waals surface area contributed by atoms with Crippen molar-refractivity contribution >= 4 is 39.5 Å². The van der Waals surface area contributed by atoms with Crippen LogP contribution in [-0.2, 0) is 65.4 Å². The Morgan fingerprint density at radius 1 is 0.295 bits per heavy atom. The van der Waals surface area contributed by atoms with Gasteiger partial charge in [-0.1, -0.05) is 349 Å². The lowest BCUT2D eigenvalue weighted by Gasteiger charge is -2.21. The first-order valence-corrected chi connectivity index (χ1v) is 42.7. The molecule has 0 aromatic rings. The van der Waals surface area contributed by atoms with Gasteiger partial charge in [0.2, 0.25) is 0 Å². The summed E-state index contributed by atoms with van der Waals surface area (Å²) >= 11 is 0. The molecule has 0 aromatic heterocycles. The largest absolute Gasteiger partial charge is 0.472 e. The van der Waals surface area contributed by atoms with Gasteiger partial charge in [0, 0.05) is 25.7 Å². The molecule has 0 radical (unpaired) electrons. The van der Waals surface area contributed by atoms with Crippen LogP contribution in [0.1, 0.15) is 401 Å². The molecule has 3 unspecified atom stereocenters. The summed E-state index contributed by atoms with van der Waals surface area (Å²) in [6.45, 7) is 7.33. The fourth-order valence-electron chi connectivity index (χ4n) is 11.7. The number of hydrogen-bond acceptors (Lipinski definition) is 15. The van der Waals surface area contributed by atoms with Crippen molar-refractivity contribution in [1.29, 1.82) is 0 Å². The maximum atomic E-state index is 13.1. The summed E-state index contributed by atoms with van der Waals surface area (Å²) in [5.74, 6) is -1.24. The Kier molecular flexibility index (Phi) is 67.7. The van der Waals surface area contributed by atoms with Gasteiger partial charge >= 0.3 is 39.5 Å². The fraction of sp³-hybridized carbons (Fsp3) is 0.947. The highest BCUT2D eigenvalue weighted by molar-refractivity contribution is 7.47. The first kappa shape index (κ1) is 93.1. The molecular weight excluding hydrogens is 1250 g/mol. The van der Waals surface area contributed by atoms with E-state index in [0.717, 1.165) is 102 Å². The van der Waals surface area contributed by atoms with E-state index < -0.39 is 97.5 Å². The quantitative estimate of drug-likeness (QED) is 0.0222. The second-order valence-corrected chi connectivity index (χ2v) is 30.5. The van der Waals surface area contributed by atoms with Gasteiger partial charge in [-0.15, -0.1) is 0 Å². The van der Waals surface area contributed by atoms with E-state index in [1.54, 1.807) is 0 Å². The van der Waals surface area contributed by atoms with Crippen molar-refractivity contribution in [3.8, 4) is 0 Å². The van der Waals surface area contributed by atoms with E-state index in [1.165, 1.54) is 218 Å². The Labute approximate surface area is 581 Å². The lowest BCUT2D eigenvalue weighted by atomic mass is 9.99. The molecule has 17 nitrogen and oxygen atoms in total. The number of phosphoric ester groups is 2. The summed E-state index contributed by atoms with van der Waals surface area (Å²) in [5, 5.41) is 10.6. The summed E-state index contributed by atoms with van der Waals surface area (Å²) in [7, 11) is -9.90. The number of carbonyl (C=O) groups excluding carboxylic acids is 4. The molecule has 3 N–H and O–H groups in total. The molecule has 0 aliphatic rings. The third-order valence-corrected chi connectivity index (χ3v) is 20.0. The molecule has 0 fully saturated rings. The third kappa shape index (κ3) is 69.0. The molecule has 0 amide bonds. The van der Waals surface area contributed by atoms with Gasteiger partial charge < -0.3 is 33.8 Å². The zero-order valence-electron chi connectivity index (χ0n) is 61.8. The van der Waals surface area contributed by atoms with Crippen LogP contribution in [0.25, 0.3) is 0 Å². The number of hydrogen-bond donors (Lipinski definition) is 3. The van der Waals surface area contributed by atoms with Crippen molar-refractivity contribution in [3.63, 3.8) is 0 Å². The molecule has 6 atom stereocenters. The van der Waals surface area contributed by atoms with Gasteiger partial charge in [0.05, 0.1) is 26.4 Å². The van der Waals surface area contributed by atoms with E-state index in [4.69, 9.17) is 37.0 Å². The van der Waals surface area contributed by atoms with E-state index in [2.05, 4.69) is 34.6 Å². The minimum atomic E-state index is -4.96. The molecule has 0 heterocycles. The number of ether oxygens (including phenoxy) is 4. The zero-order valence-corrected chi connectivity index (χ0v) is 63.6. The summed E-state index contributed by atoms with van der Waals surface area (Å²) in [6, 6.07) is 0. The third-order valence-electron chi connectivity index (χ3n) is 18.1. The number of unbranched alkanes of at least 4 members (excludes halogenated alkanes) is 47. The highest BCUT2D eigenvalue weighted by atomic mass is 31.2. The Hall–Kier alpha value is -1.94. The van der Waals surface area contributed by atoms with Gasteiger partial charge in [-0.25, -0.2) is 9.13 Å². The summed E-state index contributed by atoms with van der Waals surface area (Å²) in [4.78, 5) is 72.7. The first-order valence-electron chi connectivity index (χ1n) is 39.7. The number of phosphoric acid groups is 2. The van der Waals surface area contributed by atoms with E-state index in [1.807, 2.05) is 0 Å². The molecule has 0 aliphatic carbocycles. The lowest BCUT2D eigenvalue weighted by Crippen LogP contribution is -2.30. The molecular formula is C76H148O17P2. The van der Waals surface area contributed by atoms with Crippen molar-refractivity contribution in [2.24, 2.45) is 5.92 Å². The van der Waals surface area contributed by atoms with E-state index >= 15 is 0 Å². The van der Waals surface area contributed by atoms with Crippen LogP contribution < -0.4 is 0 Å². The van der Waals surface area contributed by atoms with Crippen LogP contribution in [0.15, 0.2) is 0 Å². The predicted molar refractivity (Wildman–Crippen MR) is 386 cm³/mol. The van der Waals surface area contributed by atoms with Crippen molar-refractivity contribution in [1.82, 2.24) is 0 Å². The maximum Gasteiger partial charge on any atom is 0.472 e. The first-order chi connectivity index (χ1) is 46.1. The molecule has 0 rings (SSSR count).